The number of aliphatic carboxylic acids is 1. The SMILES string of the molecule is Cc1cnnn1-c1ccc(-c2ccc(C3NNNC3C(=O)O)cc2)cc1. The number of hydrazine groups is 2. The Labute approximate surface area is 149 Å². The minimum Gasteiger partial charge on any atom is -0.480 e. The van der Waals surface area contributed by atoms with Gasteiger partial charge in [0.05, 0.1) is 23.6 Å². The van der Waals surface area contributed by atoms with Gasteiger partial charge in [0.25, 0.3) is 0 Å². The molecule has 3 aromatic rings. The normalized spacial score (nSPS) is 19.6. The summed E-state index contributed by atoms with van der Waals surface area (Å²) in [6.45, 7) is 1.96. The van der Waals surface area contributed by atoms with Crippen molar-refractivity contribution in [3.05, 3.63) is 66.0 Å². The smallest absolute Gasteiger partial charge is 0.324 e. The molecule has 2 atom stereocenters. The van der Waals surface area contributed by atoms with Gasteiger partial charge < -0.3 is 5.11 Å². The van der Waals surface area contributed by atoms with E-state index in [1.165, 1.54) is 0 Å². The lowest BCUT2D eigenvalue weighted by Gasteiger charge is -2.15. The summed E-state index contributed by atoms with van der Waals surface area (Å²) in [6, 6.07) is 14.9. The van der Waals surface area contributed by atoms with Crippen molar-refractivity contribution < 1.29 is 9.90 Å². The molecule has 4 N–H and O–H groups in total. The minimum atomic E-state index is -0.907. The number of carbonyl (C=O) groups is 1. The molecule has 8 heteroatoms. The van der Waals surface area contributed by atoms with Crippen LogP contribution in [0, 0.1) is 6.92 Å². The minimum absolute atomic E-state index is 0.334. The number of benzene rings is 2. The van der Waals surface area contributed by atoms with E-state index in [9.17, 15) is 9.90 Å². The second kappa shape index (κ2) is 6.68. The van der Waals surface area contributed by atoms with Crippen molar-refractivity contribution in [3.8, 4) is 16.8 Å². The number of carboxylic acid groups (broad SMARTS) is 1. The van der Waals surface area contributed by atoms with Crippen LogP contribution in [0.4, 0.5) is 0 Å². The molecule has 0 spiro atoms. The third-order valence-electron chi connectivity index (χ3n) is 4.49. The molecular formula is C18H18N6O2. The monoisotopic (exact) mass is 350 g/mol. The lowest BCUT2D eigenvalue weighted by atomic mass is 9.97. The largest absolute Gasteiger partial charge is 0.480 e. The van der Waals surface area contributed by atoms with Crippen molar-refractivity contribution in [2.75, 3.05) is 0 Å². The van der Waals surface area contributed by atoms with Gasteiger partial charge in [0, 0.05) is 0 Å². The topological polar surface area (TPSA) is 104 Å². The van der Waals surface area contributed by atoms with Crippen LogP contribution in [-0.4, -0.2) is 32.1 Å². The second-order valence-electron chi connectivity index (χ2n) is 6.16. The fourth-order valence-electron chi connectivity index (χ4n) is 3.06. The molecule has 26 heavy (non-hydrogen) atoms. The van der Waals surface area contributed by atoms with Crippen LogP contribution in [0.1, 0.15) is 17.3 Å². The Hall–Kier alpha value is -3.07. The highest BCUT2D eigenvalue weighted by molar-refractivity contribution is 5.75. The van der Waals surface area contributed by atoms with E-state index in [-0.39, 0.29) is 6.04 Å². The van der Waals surface area contributed by atoms with E-state index >= 15 is 0 Å². The van der Waals surface area contributed by atoms with Gasteiger partial charge in [-0.25, -0.2) is 15.5 Å². The van der Waals surface area contributed by atoms with E-state index in [0.29, 0.717) is 0 Å². The van der Waals surface area contributed by atoms with Crippen LogP contribution in [0.5, 0.6) is 0 Å². The molecule has 1 fully saturated rings. The van der Waals surface area contributed by atoms with E-state index in [1.807, 2.05) is 55.5 Å². The van der Waals surface area contributed by atoms with E-state index in [0.717, 1.165) is 28.1 Å². The van der Waals surface area contributed by atoms with Crippen LogP contribution in [0.2, 0.25) is 0 Å². The second-order valence-corrected chi connectivity index (χ2v) is 6.16. The first-order valence-corrected chi connectivity index (χ1v) is 8.20. The van der Waals surface area contributed by atoms with E-state index in [1.54, 1.807) is 10.9 Å². The van der Waals surface area contributed by atoms with Gasteiger partial charge in [-0.15, -0.1) is 5.10 Å². The molecule has 1 aromatic heterocycles. The van der Waals surface area contributed by atoms with E-state index < -0.39 is 12.0 Å². The molecule has 2 aromatic carbocycles. The van der Waals surface area contributed by atoms with Gasteiger partial charge in [-0.2, -0.15) is 5.53 Å². The predicted octanol–water partition coefficient (Wildman–Crippen LogP) is 1.35. The molecule has 1 aliphatic heterocycles. The zero-order chi connectivity index (χ0) is 18.1. The summed E-state index contributed by atoms with van der Waals surface area (Å²) in [5.74, 6) is -0.907. The van der Waals surface area contributed by atoms with Crippen molar-refractivity contribution in [2.24, 2.45) is 0 Å². The summed E-state index contributed by atoms with van der Waals surface area (Å²) < 4.78 is 1.78. The van der Waals surface area contributed by atoms with Crippen molar-refractivity contribution in [1.29, 1.82) is 0 Å². The number of nitrogens with one attached hydrogen (secondary N) is 3. The Kier molecular flexibility index (Phi) is 4.21. The van der Waals surface area contributed by atoms with E-state index in [4.69, 9.17) is 0 Å². The summed E-state index contributed by atoms with van der Waals surface area (Å²) >= 11 is 0. The molecule has 0 radical (unpaired) electrons. The number of hydrogen-bond acceptors (Lipinski definition) is 6. The highest BCUT2D eigenvalue weighted by atomic mass is 16.4. The first-order chi connectivity index (χ1) is 12.6. The van der Waals surface area contributed by atoms with Crippen LogP contribution >= 0.6 is 0 Å². The molecule has 1 saturated heterocycles. The number of hydrogen-bond donors (Lipinski definition) is 4. The Morgan fingerprint density at radius 2 is 1.69 bits per heavy atom. The van der Waals surface area contributed by atoms with Gasteiger partial charge in [-0.1, -0.05) is 41.6 Å². The van der Waals surface area contributed by atoms with Crippen LogP contribution < -0.4 is 16.4 Å². The maximum Gasteiger partial charge on any atom is 0.324 e. The first kappa shape index (κ1) is 16.4. The summed E-state index contributed by atoms with van der Waals surface area (Å²) in [4.78, 5) is 11.3. The number of aryl methyl sites for hydroxylation is 1. The fourth-order valence-corrected chi connectivity index (χ4v) is 3.06. The lowest BCUT2D eigenvalue weighted by molar-refractivity contribution is -0.139. The third kappa shape index (κ3) is 2.97. The fraction of sp³-hybridized carbons (Fsp3) is 0.167. The average molecular weight is 350 g/mol. The van der Waals surface area contributed by atoms with Gasteiger partial charge in [-0.3, -0.25) is 4.79 Å². The molecule has 2 heterocycles. The quantitative estimate of drug-likeness (QED) is 0.563. The van der Waals surface area contributed by atoms with Crippen LogP contribution in [0.3, 0.4) is 0 Å². The van der Waals surface area contributed by atoms with Crippen LogP contribution in [0.15, 0.2) is 54.7 Å². The Bertz CT molecular complexity index is 920. The van der Waals surface area contributed by atoms with Crippen molar-refractivity contribution >= 4 is 5.97 Å². The van der Waals surface area contributed by atoms with Crippen LogP contribution in [0.25, 0.3) is 16.8 Å². The maximum absolute atomic E-state index is 11.3. The molecule has 1 aliphatic rings. The van der Waals surface area contributed by atoms with Gasteiger partial charge >= 0.3 is 5.97 Å². The first-order valence-electron chi connectivity index (χ1n) is 8.20. The van der Waals surface area contributed by atoms with Gasteiger partial charge in [0.15, 0.2) is 0 Å². The van der Waals surface area contributed by atoms with Crippen molar-refractivity contribution in [3.63, 3.8) is 0 Å². The molecular weight excluding hydrogens is 332 g/mol. The summed E-state index contributed by atoms with van der Waals surface area (Å²) in [5, 5.41) is 17.2. The summed E-state index contributed by atoms with van der Waals surface area (Å²) in [5.41, 5.74) is 13.3. The van der Waals surface area contributed by atoms with Crippen LogP contribution in [-0.2, 0) is 4.79 Å². The standard InChI is InChI=1S/C18H18N6O2/c1-11-10-19-23-24(11)15-8-6-13(7-9-15)12-2-4-14(5-3-12)16-17(18(25)26)21-22-20-16/h2-10,16-17,20-22H,1H3,(H,25,26). The highest BCUT2D eigenvalue weighted by Crippen LogP contribution is 2.25. The van der Waals surface area contributed by atoms with Gasteiger partial charge in [0.1, 0.15) is 6.04 Å². The Morgan fingerprint density at radius 3 is 2.27 bits per heavy atom. The molecule has 0 amide bonds. The summed E-state index contributed by atoms with van der Waals surface area (Å²) in [6.07, 6.45) is 1.72. The van der Waals surface area contributed by atoms with Gasteiger partial charge in [0.2, 0.25) is 0 Å². The van der Waals surface area contributed by atoms with Crippen molar-refractivity contribution in [1.82, 2.24) is 31.4 Å². The molecule has 0 saturated carbocycles. The molecule has 0 aliphatic carbocycles. The Balaban J connectivity index is 1.55. The van der Waals surface area contributed by atoms with Crippen molar-refractivity contribution in [2.45, 2.75) is 19.0 Å². The number of nitrogens with zero attached hydrogens (tertiary/aromatic N) is 3. The predicted molar refractivity (Wildman–Crippen MR) is 95.1 cm³/mol. The average Bonchev–Trinajstić information content (AvgIpc) is 3.31. The molecule has 2 unspecified atom stereocenters. The molecule has 132 valence electrons. The lowest BCUT2D eigenvalue weighted by Crippen LogP contribution is -2.38. The summed E-state index contributed by atoms with van der Waals surface area (Å²) in [7, 11) is 0. The van der Waals surface area contributed by atoms with E-state index in [2.05, 4.69) is 26.7 Å². The van der Waals surface area contributed by atoms with Gasteiger partial charge in [-0.05, 0) is 35.7 Å². The molecule has 4 rings (SSSR count). The zero-order valence-corrected chi connectivity index (χ0v) is 14.0. The number of carboxylic acids is 1. The number of aromatic nitrogens is 3. The maximum atomic E-state index is 11.3. The molecule has 8 nitrogen and oxygen atoms in total. The third-order valence-corrected chi connectivity index (χ3v) is 4.49. The highest BCUT2D eigenvalue weighted by Gasteiger charge is 2.33. The Morgan fingerprint density at radius 1 is 1.04 bits per heavy atom. The zero-order valence-electron chi connectivity index (χ0n) is 14.0. The number of rotatable bonds is 4. The molecule has 0 bridgehead atoms.